The molecule has 1 aromatic carbocycles. The average molecular weight is 591 g/mol. The molecular weight excluding hydrogens is 555 g/mol. The zero-order chi connectivity index (χ0) is 28.3. The quantitative estimate of drug-likeness (QED) is 0.277. The van der Waals surface area contributed by atoms with Crippen molar-refractivity contribution in [2.75, 3.05) is 25.2 Å². The van der Waals surface area contributed by atoms with Gasteiger partial charge >= 0.3 is 6.09 Å². The number of thiazole rings is 1. The molecule has 216 valence electrons. The summed E-state index contributed by atoms with van der Waals surface area (Å²) in [7, 11) is -3.16. The Bertz CT molecular complexity index is 1430. The standard InChI is InChI=1S/C27H35FN6O4S2/c1-17(2)38-27(35)32-19-5-3-18(4-6-19)26-30-14-23(39-26)22-8-7-20(31-25-9-11-34(33-25)12-10-28)13-24(22)40(29,36)21-15-37-16-21/h7-9,11,13-14,17-19,21,29H,3-6,10,12,15-16H2,1-2H3,(H,31,33)(H,32,35)/t18-,19-,40?. The van der Waals surface area contributed by atoms with Gasteiger partial charge in [0, 0.05) is 41.7 Å². The molecule has 1 saturated carbocycles. The van der Waals surface area contributed by atoms with Crippen molar-refractivity contribution in [3.05, 3.63) is 41.7 Å². The maximum Gasteiger partial charge on any atom is 0.407 e. The van der Waals surface area contributed by atoms with Crippen molar-refractivity contribution in [1.29, 1.82) is 4.78 Å². The van der Waals surface area contributed by atoms with Gasteiger partial charge in [-0.3, -0.25) is 4.68 Å². The maximum atomic E-state index is 13.8. The van der Waals surface area contributed by atoms with Crippen LogP contribution in [0.5, 0.6) is 0 Å². The molecular formula is C27H35FN6O4S2. The van der Waals surface area contributed by atoms with Crippen LogP contribution in [0.25, 0.3) is 10.4 Å². The average Bonchev–Trinajstić information content (AvgIpc) is 3.53. The Hall–Kier alpha value is -3.03. The summed E-state index contributed by atoms with van der Waals surface area (Å²) in [6.45, 7) is 3.91. The number of hydrogen-bond donors (Lipinski definition) is 3. The van der Waals surface area contributed by atoms with Crippen molar-refractivity contribution < 1.29 is 22.9 Å². The second-order valence-electron chi connectivity index (χ2n) is 10.5. The van der Waals surface area contributed by atoms with Gasteiger partial charge in [0.25, 0.3) is 0 Å². The highest BCUT2D eigenvalue weighted by molar-refractivity contribution is 7.93. The highest BCUT2D eigenvalue weighted by Crippen LogP contribution is 2.41. The van der Waals surface area contributed by atoms with Gasteiger partial charge in [-0.25, -0.2) is 23.2 Å². The van der Waals surface area contributed by atoms with E-state index in [4.69, 9.17) is 19.2 Å². The van der Waals surface area contributed by atoms with E-state index in [1.165, 1.54) is 4.68 Å². The van der Waals surface area contributed by atoms with Gasteiger partial charge in [0.1, 0.15) is 6.67 Å². The second-order valence-corrected chi connectivity index (χ2v) is 13.8. The monoisotopic (exact) mass is 590 g/mol. The minimum Gasteiger partial charge on any atom is -0.447 e. The summed E-state index contributed by atoms with van der Waals surface area (Å²) in [6, 6.07) is 7.33. The number of rotatable bonds is 10. The first-order valence-electron chi connectivity index (χ1n) is 13.5. The molecule has 40 heavy (non-hydrogen) atoms. The lowest BCUT2D eigenvalue weighted by atomic mass is 9.86. The second kappa shape index (κ2) is 12.2. The molecule has 1 aliphatic heterocycles. The highest BCUT2D eigenvalue weighted by atomic mass is 32.2. The first kappa shape index (κ1) is 28.5. The molecule has 3 heterocycles. The molecule has 1 aliphatic carbocycles. The van der Waals surface area contributed by atoms with Crippen LogP contribution in [0, 0.1) is 4.78 Å². The van der Waals surface area contributed by atoms with E-state index in [-0.39, 0.29) is 36.0 Å². The van der Waals surface area contributed by atoms with E-state index in [0.29, 0.717) is 29.6 Å². The lowest BCUT2D eigenvalue weighted by molar-refractivity contribution is 0.0427. The summed E-state index contributed by atoms with van der Waals surface area (Å²) in [5, 5.41) is 11.1. The van der Waals surface area contributed by atoms with Gasteiger partial charge in [-0.15, -0.1) is 11.3 Å². The first-order valence-corrected chi connectivity index (χ1v) is 16.0. The van der Waals surface area contributed by atoms with Crippen LogP contribution in [0.1, 0.15) is 50.5 Å². The van der Waals surface area contributed by atoms with E-state index in [2.05, 4.69) is 15.7 Å². The summed E-state index contributed by atoms with van der Waals surface area (Å²) in [5.41, 5.74) is 1.38. The largest absolute Gasteiger partial charge is 0.447 e. The van der Waals surface area contributed by atoms with E-state index < -0.39 is 16.4 Å². The Labute approximate surface area is 237 Å². The van der Waals surface area contributed by atoms with Gasteiger partial charge in [-0.05, 0) is 51.7 Å². The summed E-state index contributed by atoms with van der Waals surface area (Å²) >= 11 is 1.57. The highest BCUT2D eigenvalue weighted by Gasteiger charge is 2.33. The van der Waals surface area contributed by atoms with E-state index in [9.17, 15) is 13.4 Å². The van der Waals surface area contributed by atoms with Gasteiger partial charge < -0.3 is 20.1 Å². The summed E-state index contributed by atoms with van der Waals surface area (Å²) in [6.07, 6.45) is 6.48. The number of alkyl carbamates (subject to hydrolysis) is 1. The molecule has 0 spiro atoms. The predicted octanol–water partition coefficient (Wildman–Crippen LogP) is 5.68. The number of aromatic nitrogens is 3. The molecule has 3 N–H and O–H groups in total. The summed E-state index contributed by atoms with van der Waals surface area (Å²) in [5.74, 6) is 0.820. The fourth-order valence-corrected chi connectivity index (χ4v) is 7.86. The molecule has 0 bridgehead atoms. The van der Waals surface area contributed by atoms with Gasteiger partial charge in [0.2, 0.25) is 0 Å². The van der Waals surface area contributed by atoms with E-state index in [1.54, 1.807) is 29.7 Å². The van der Waals surface area contributed by atoms with Crippen molar-refractivity contribution in [3.63, 3.8) is 0 Å². The zero-order valence-electron chi connectivity index (χ0n) is 22.6. The lowest BCUT2D eigenvalue weighted by Gasteiger charge is -2.29. The third-order valence-electron chi connectivity index (χ3n) is 7.14. The molecule has 3 aromatic rings. The Balaban J connectivity index is 1.34. The number of carbonyl (C=O) groups is 1. The molecule has 10 nitrogen and oxygen atoms in total. The number of nitrogens with zero attached hydrogens (tertiary/aromatic N) is 3. The van der Waals surface area contributed by atoms with Gasteiger partial charge in [0.05, 0.1) is 55.6 Å². The van der Waals surface area contributed by atoms with Crippen molar-refractivity contribution in [1.82, 2.24) is 20.1 Å². The Kier molecular flexibility index (Phi) is 8.71. The zero-order valence-corrected chi connectivity index (χ0v) is 24.2. The van der Waals surface area contributed by atoms with Gasteiger partial charge in [-0.2, -0.15) is 5.10 Å². The number of amides is 1. The number of alkyl halides is 1. The smallest absolute Gasteiger partial charge is 0.407 e. The van der Waals surface area contributed by atoms with Crippen molar-refractivity contribution >= 4 is 38.7 Å². The number of nitrogens with one attached hydrogen (secondary N) is 3. The topological polar surface area (TPSA) is 131 Å². The minimum absolute atomic E-state index is 0.0923. The number of hydrogen-bond acceptors (Lipinski definition) is 9. The van der Waals surface area contributed by atoms with Gasteiger partial charge in [-0.1, -0.05) is 6.07 Å². The van der Waals surface area contributed by atoms with Crippen LogP contribution < -0.4 is 10.6 Å². The van der Waals surface area contributed by atoms with E-state index in [1.807, 2.05) is 32.2 Å². The Morgan fingerprint density at radius 2 is 2.05 bits per heavy atom. The van der Waals surface area contributed by atoms with Crippen LogP contribution in [-0.4, -0.2) is 62.4 Å². The molecule has 1 atom stereocenters. The molecule has 0 radical (unpaired) electrons. The van der Waals surface area contributed by atoms with Crippen LogP contribution in [0.15, 0.2) is 41.6 Å². The van der Waals surface area contributed by atoms with Crippen molar-refractivity contribution in [3.8, 4) is 10.4 Å². The van der Waals surface area contributed by atoms with Crippen molar-refractivity contribution in [2.45, 2.75) is 74.3 Å². The third-order valence-corrected chi connectivity index (χ3v) is 10.5. The minimum atomic E-state index is -3.16. The van der Waals surface area contributed by atoms with Crippen LogP contribution in [0.2, 0.25) is 0 Å². The maximum absolute atomic E-state index is 13.8. The lowest BCUT2D eigenvalue weighted by Crippen LogP contribution is -2.40. The summed E-state index contributed by atoms with van der Waals surface area (Å²) < 4.78 is 47.3. The van der Waals surface area contributed by atoms with Crippen LogP contribution in [0.4, 0.5) is 20.7 Å². The first-order chi connectivity index (χ1) is 19.2. The summed E-state index contributed by atoms with van der Waals surface area (Å²) in [4.78, 5) is 18.0. The predicted molar refractivity (Wildman–Crippen MR) is 153 cm³/mol. The third kappa shape index (κ3) is 6.47. The van der Waals surface area contributed by atoms with Crippen LogP contribution in [0.3, 0.4) is 0 Å². The number of carbonyl (C=O) groups excluding carboxylic acids is 1. The number of benzene rings is 1. The molecule has 13 heteroatoms. The molecule has 1 amide bonds. The number of ether oxygens (including phenoxy) is 2. The SMILES string of the molecule is CC(C)OC(=O)N[C@H]1CC[C@H](c2ncc(-c3ccc(Nc4ccn(CCF)n4)cc3S(=N)(=O)C3COC3)s2)CC1. The normalized spacial score (nSPS) is 21.0. The van der Waals surface area contributed by atoms with E-state index >= 15 is 0 Å². The molecule has 5 rings (SSSR count). The molecule has 2 aliphatic rings. The molecule has 2 aromatic heterocycles. The van der Waals surface area contributed by atoms with Gasteiger partial charge in [0.15, 0.2) is 5.82 Å². The number of halogens is 1. The number of aryl methyl sites for hydroxylation is 1. The fourth-order valence-electron chi connectivity index (χ4n) is 4.93. The van der Waals surface area contributed by atoms with E-state index in [0.717, 1.165) is 41.1 Å². The Morgan fingerprint density at radius 1 is 1.27 bits per heavy atom. The fraction of sp³-hybridized carbons (Fsp3) is 0.519. The molecule has 2 fully saturated rings. The van der Waals surface area contributed by atoms with Crippen molar-refractivity contribution in [2.24, 2.45) is 0 Å². The van der Waals surface area contributed by atoms with Crippen LogP contribution in [-0.2, 0) is 25.7 Å². The number of anilines is 2. The molecule has 1 saturated heterocycles. The van der Waals surface area contributed by atoms with Crippen LogP contribution >= 0.6 is 11.3 Å². The Morgan fingerprint density at radius 3 is 2.73 bits per heavy atom. The molecule has 1 unspecified atom stereocenters.